The van der Waals surface area contributed by atoms with E-state index in [0.29, 0.717) is 6.54 Å². The molecule has 1 aromatic carbocycles. The van der Waals surface area contributed by atoms with E-state index in [1.165, 1.54) is 4.68 Å². The molecule has 2 aromatic rings. The van der Waals surface area contributed by atoms with Crippen LogP contribution in [-0.4, -0.2) is 27.6 Å². The highest BCUT2D eigenvalue weighted by molar-refractivity contribution is 5.86. The minimum absolute atomic E-state index is 0.211. The molecule has 0 saturated heterocycles. The van der Waals surface area contributed by atoms with Crippen LogP contribution in [-0.2, 0) is 11.3 Å². The van der Waals surface area contributed by atoms with Crippen molar-refractivity contribution >= 4 is 5.97 Å². The molecule has 19 heavy (non-hydrogen) atoms. The zero-order valence-corrected chi connectivity index (χ0v) is 10.8. The van der Waals surface area contributed by atoms with E-state index in [1.807, 2.05) is 31.2 Å². The van der Waals surface area contributed by atoms with Crippen LogP contribution in [0.15, 0.2) is 29.1 Å². The van der Waals surface area contributed by atoms with Crippen LogP contribution in [0.1, 0.15) is 28.5 Å². The molecule has 0 aliphatic rings. The van der Waals surface area contributed by atoms with Crippen LogP contribution < -0.4 is 5.56 Å². The number of ether oxygens (including phenoxy) is 1. The van der Waals surface area contributed by atoms with Gasteiger partial charge in [-0.05, 0) is 19.4 Å². The van der Waals surface area contributed by atoms with Crippen molar-refractivity contribution < 1.29 is 9.53 Å². The predicted octanol–water partition coefficient (Wildman–Crippen LogP) is 1.10. The van der Waals surface area contributed by atoms with Gasteiger partial charge in [-0.15, -0.1) is 5.10 Å². The van der Waals surface area contributed by atoms with Gasteiger partial charge in [-0.25, -0.2) is 14.7 Å². The van der Waals surface area contributed by atoms with Gasteiger partial charge in [0.25, 0.3) is 0 Å². The molecule has 2 rings (SSSR count). The van der Waals surface area contributed by atoms with Crippen LogP contribution in [0.4, 0.5) is 0 Å². The summed E-state index contributed by atoms with van der Waals surface area (Å²) in [4.78, 5) is 23.4. The fraction of sp³-hybridized carbons (Fsp3) is 0.308. The normalized spacial score (nSPS) is 10.4. The van der Waals surface area contributed by atoms with E-state index in [2.05, 4.69) is 10.3 Å². The number of aromatic nitrogens is 3. The number of carbonyl (C=O) groups is 1. The first-order valence-corrected chi connectivity index (χ1v) is 5.99. The maximum absolute atomic E-state index is 11.9. The smallest absolute Gasteiger partial charge is 0.364 e. The van der Waals surface area contributed by atoms with E-state index in [1.54, 1.807) is 6.92 Å². The number of benzene rings is 1. The topological polar surface area (TPSA) is 77.0 Å². The predicted molar refractivity (Wildman–Crippen MR) is 69.1 cm³/mol. The second kappa shape index (κ2) is 5.51. The first kappa shape index (κ1) is 13.1. The molecule has 0 spiro atoms. The first-order chi connectivity index (χ1) is 9.11. The van der Waals surface area contributed by atoms with Crippen molar-refractivity contribution in [3.63, 3.8) is 0 Å². The van der Waals surface area contributed by atoms with Gasteiger partial charge in [0.1, 0.15) is 0 Å². The Hall–Kier alpha value is -2.37. The number of H-pyrrole nitrogens is 1. The lowest BCUT2D eigenvalue weighted by Crippen LogP contribution is -2.23. The summed E-state index contributed by atoms with van der Waals surface area (Å²) in [5, 5.41) is 6.23. The summed E-state index contributed by atoms with van der Waals surface area (Å²) in [7, 11) is 0. The van der Waals surface area contributed by atoms with E-state index in [9.17, 15) is 9.59 Å². The van der Waals surface area contributed by atoms with Crippen LogP contribution in [0.3, 0.4) is 0 Å². The minimum Gasteiger partial charge on any atom is -0.461 e. The number of aryl methyl sites for hydroxylation is 1. The van der Waals surface area contributed by atoms with Gasteiger partial charge in [-0.1, -0.05) is 29.8 Å². The molecule has 0 fully saturated rings. The highest BCUT2D eigenvalue weighted by atomic mass is 16.5. The molecule has 0 atom stereocenters. The fourth-order valence-electron chi connectivity index (χ4n) is 1.65. The average Bonchev–Trinajstić information content (AvgIpc) is 2.74. The van der Waals surface area contributed by atoms with Crippen molar-refractivity contribution in [3.05, 3.63) is 51.4 Å². The van der Waals surface area contributed by atoms with Gasteiger partial charge in [0.2, 0.25) is 5.69 Å². The molecule has 1 N–H and O–H groups in total. The molecular formula is C13H15N3O3. The van der Waals surface area contributed by atoms with Gasteiger partial charge in [0.05, 0.1) is 13.2 Å². The summed E-state index contributed by atoms with van der Waals surface area (Å²) in [5.74, 6) is -0.702. The number of nitrogens with one attached hydrogen (secondary N) is 1. The Kier molecular flexibility index (Phi) is 3.79. The lowest BCUT2D eigenvalue weighted by Gasteiger charge is -2.01. The van der Waals surface area contributed by atoms with E-state index >= 15 is 0 Å². The molecule has 0 bridgehead atoms. The minimum atomic E-state index is -0.702. The van der Waals surface area contributed by atoms with Gasteiger partial charge in [-0.3, -0.25) is 4.79 Å². The SMILES string of the molecule is CCOC(=O)c1n[nH]n(Cc2ccc(C)cc2)c1=O. The maximum atomic E-state index is 11.9. The molecule has 0 unspecified atom stereocenters. The van der Waals surface area contributed by atoms with Gasteiger partial charge in [-0.2, -0.15) is 0 Å². The number of aromatic amines is 1. The Morgan fingerprint density at radius 1 is 1.37 bits per heavy atom. The van der Waals surface area contributed by atoms with Crippen LogP contribution in [0, 0.1) is 6.92 Å². The molecule has 0 radical (unpaired) electrons. The van der Waals surface area contributed by atoms with Crippen molar-refractivity contribution in [2.24, 2.45) is 0 Å². The Morgan fingerprint density at radius 3 is 2.68 bits per heavy atom. The van der Waals surface area contributed by atoms with Gasteiger partial charge in [0.15, 0.2) is 0 Å². The Labute approximate surface area is 110 Å². The fourth-order valence-corrected chi connectivity index (χ4v) is 1.65. The standard InChI is InChI=1S/C13H15N3O3/c1-3-19-13(18)11-12(17)16(15-14-11)8-10-6-4-9(2)5-7-10/h4-7,15H,3,8H2,1-2H3. The maximum Gasteiger partial charge on any atom is 0.364 e. The van der Waals surface area contributed by atoms with Crippen molar-refractivity contribution in [1.82, 2.24) is 15.0 Å². The lowest BCUT2D eigenvalue weighted by molar-refractivity contribution is 0.0517. The van der Waals surface area contributed by atoms with Crippen LogP contribution in [0.2, 0.25) is 0 Å². The monoisotopic (exact) mass is 261 g/mol. The van der Waals surface area contributed by atoms with Crippen LogP contribution in [0.5, 0.6) is 0 Å². The van der Waals surface area contributed by atoms with Crippen LogP contribution in [0.25, 0.3) is 0 Å². The van der Waals surface area contributed by atoms with Crippen molar-refractivity contribution in [2.45, 2.75) is 20.4 Å². The van der Waals surface area contributed by atoms with Crippen molar-refractivity contribution in [1.29, 1.82) is 0 Å². The van der Waals surface area contributed by atoms with Gasteiger partial charge in [0, 0.05) is 0 Å². The number of nitrogens with zero attached hydrogens (tertiary/aromatic N) is 2. The average molecular weight is 261 g/mol. The number of carbonyl (C=O) groups excluding carboxylic acids is 1. The van der Waals surface area contributed by atoms with E-state index < -0.39 is 11.5 Å². The third-order valence-electron chi connectivity index (χ3n) is 2.66. The number of rotatable bonds is 4. The lowest BCUT2D eigenvalue weighted by atomic mass is 10.1. The largest absolute Gasteiger partial charge is 0.461 e. The quantitative estimate of drug-likeness (QED) is 0.836. The molecule has 0 amide bonds. The summed E-state index contributed by atoms with van der Waals surface area (Å²) >= 11 is 0. The molecule has 100 valence electrons. The molecule has 0 aliphatic carbocycles. The first-order valence-electron chi connectivity index (χ1n) is 5.99. The van der Waals surface area contributed by atoms with E-state index in [-0.39, 0.29) is 12.3 Å². The zero-order chi connectivity index (χ0) is 13.8. The van der Waals surface area contributed by atoms with Gasteiger partial charge >= 0.3 is 11.5 Å². The third kappa shape index (κ3) is 2.90. The number of esters is 1. The molecule has 1 aromatic heterocycles. The molecule has 6 nitrogen and oxygen atoms in total. The van der Waals surface area contributed by atoms with Crippen molar-refractivity contribution in [2.75, 3.05) is 6.61 Å². The summed E-state index contributed by atoms with van der Waals surface area (Å²) in [6.07, 6.45) is 0. The van der Waals surface area contributed by atoms with Crippen molar-refractivity contribution in [3.8, 4) is 0 Å². The third-order valence-corrected chi connectivity index (χ3v) is 2.66. The second-order valence-electron chi connectivity index (χ2n) is 4.16. The Balaban J connectivity index is 2.20. The van der Waals surface area contributed by atoms with Gasteiger partial charge < -0.3 is 4.74 Å². The van der Waals surface area contributed by atoms with Crippen LogP contribution >= 0.6 is 0 Å². The zero-order valence-electron chi connectivity index (χ0n) is 10.8. The highest BCUT2D eigenvalue weighted by Crippen LogP contribution is 2.03. The molecule has 6 heteroatoms. The summed E-state index contributed by atoms with van der Waals surface area (Å²) in [6, 6.07) is 7.77. The molecular weight excluding hydrogens is 246 g/mol. The second-order valence-corrected chi connectivity index (χ2v) is 4.16. The number of hydrogen-bond acceptors (Lipinski definition) is 4. The molecule has 0 saturated carbocycles. The highest BCUT2D eigenvalue weighted by Gasteiger charge is 2.17. The molecule has 1 heterocycles. The van der Waals surface area contributed by atoms with E-state index in [4.69, 9.17) is 4.74 Å². The Bertz CT molecular complexity index is 625. The van der Waals surface area contributed by atoms with E-state index in [0.717, 1.165) is 11.1 Å². The number of hydrogen-bond donors (Lipinski definition) is 1. The Morgan fingerprint density at radius 2 is 2.05 bits per heavy atom. The summed E-state index contributed by atoms with van der Waals surface area (Å²) in [6.45, 7) is 4.22. The molecule has 0 aliphatic heterocycles. The summed E-state index contributed by atoms with van der Waals surface area (Å²) < 4.78 is 6.03. The summed E-state index contributed by atoms with van der Waals surface area (Å²) in [5.41, 5.74) is 1.41.